The molecule has 2 aromatic carbocycles. The summed E-state index contributed by atoms with van der Waals surface area (Å²) in [6, 6.07) is 10.4. The first-order valence-electron chi connectivity index (χ1n) is 8.76. The Balaban J connectivity index is 1.58. The molecule has 0 radical (unpaired) electrons. The SMILES string of the molecule is CCOc1cc2c(cc1CNC(=S)NCc1ccc(F)cc1)O[C@@H](C)C2. The van der Waals surface area contributed by atoms with Crippen molar-refractivity contribution in [2.45, 2.75) is 39.5 Å². The van der Waals surface area contributed by atoms with Crippen molar-refractivity contribution in [3.05, 3.63) is 58.9 Å². The standard InChI is InChI=1S/C20H23FN2O2S/c1-3-24-18-9-15-8-13(2)25-19(15)10-16(18)12-23-20(26)22-11-14-4-6-17(21)7-5-14/h4-7,9-10,13H,3,8,11-12H2,1-2H3,(H2,22,23,26)/t13-/m0/s1. The first-order valence-corrected chi connectivity index (χ1v) is 9.17. The minimum atomic E-state index is -0.244. The molecular formula is C20H23FN2O2S. The van der Waals surface area contributed by atoms with Gasteiger partial charge in [0.25, 0.3) is 0 Å². The Labute approximate surface area is 158 Å². The lowest BCUT2D eigenvalue weighted by atomic mass is 10.1. The number of fused-ring (bicyclic) bond motifs is 1. The zero-order chi connectivity index (χ0) is 18.5. The number of rotatable bonds is 6. The third kappa shape index (κ3) is 4.64. The lowest BCUT2D eigenvalue weighted by Crippen LogP contribution is -2.34. The van der Waals surface area contributed by atoms with Crippen LogP contribution in [-0.2, 0) is 19.5 Å². The van der Waals surface area contributed by atoms with Gasteiger partial charge in [-0.15, -0.1) is 0 Å². The number of hydrogen-bond acceptors (Lipinski definition) is 3. The number of halogens is 1. The van der Waals surface area contributed by atoms with Gasteiger partial charge in [0.05, 0.1) is 6.61 Å². The van der Waals surface area contributed by atoms with Gasteiger partial charge in [0.15, 0.2) is 5.11 Å². The van der Waals surface area contributed by atoms with Gasteiger partial charge in [-0.2, -0.15) is 0 Å². The second-order valence-electron chi connectivity index (χ2n) is 6.30. The van der Waals surface area contributed by atoms with E-state index >= 15 is 0 Å². The van der Waals surface area contributed by atoms with Crippen molar-refractivity contribution in [3.8, 4) is 11.5 Å². The smallest absolute Gasteiger partial charge is 0.166 e. The van der Waals surface area contributed by atoms with E-state index in [0.29, 0.717) is 24.8 Å². The lowest BCUT2D eigenvalue weighted by Gasteiger charge is -2.15. The number of hydrogen-bond donors (Lipinski definition) is 2. The van der Waals surface area contributed by atoms with E-state index in [9.17, 15) is 4.39 Å². The fourth-order valence-electron chi connectivity index (χ4n) is 2.93. The van der Waals surface area contributed by atoms with E-state index in [1.165, 1.54) is 17.7 Å². The molecular weight excluding hydrogens is 351 g/mol. The van der Waals surface area contributed by atoms with Crippen LogP contribution in [0.2, 0.25) is 0 Å². The van der Waals surface area contributed by atoms with Crippen molar-refractivity contribution in [2.75, 3.05) is 6.61 Å². The second kappa shape index (κ2) is 8.36. The van der Waals surface area contributed by atoms with Gasteiger partial charge in [-0.3, -0.25) is 0 Å². The zero-order valence-corrected chi connectivity index (χ0v) is 15.8. The molecule has 2 N–H and O–H groups in total. The van der Waals surface area contributed by atoms with Crippen LogP contribution in [0.1, 0.15) is 30.5 Å². The molecule has 1 aliphatic heterocycles. The minimum Gasteiger partial charge on any atom is -0.494 e. The van der Waals surface area contributed by atoms with Gasteiger partial charge < -0.3 is 20.1 Å². The van der Waals surface area contributed by atoms with E-state index in [1.54, 1.807) is 12.1 Å². The first kappa shape index (κ1) is 18.5. The van der Waals surface area contributed by atoms with Crippen molar-refractivity contribution >= 4 is 17.3 Å². The van der Waals surface area contributed by atoms with E-state index in [0.717, 1.165) is 29.0 Å². The summed E-state index contributed by atoms with van der Waals surface area (Å²) in [5, 5.41) is 6.85. The topological polar surface area (TPSA) is 42.5 Å². The molecule has 0 saturated carbocycles. The fourth-order valence-corrected chi connectivity index (χ4v) is 3.08. The summed E-state index contributed by atoms with van der Waals surface area (Å²) in [5.41, 5.74) is 3.15. The van der Waals surface area contributed by atoms with Gasteiger partial charge in [0.2, 0.25) is 0 Å². The average Bonchev–Trinajstić information content (AvgIpc) is 2.98. The lowest BCUT2D eigenvalue weighted by molar-refractivity contribution is 0.254. The van der Waals surface area contributed by atoms with Crippen LogP contribution in [-0.4, -0.2) is 17.8 Å². The highest BCUT2D eigenvalue weighted by molar-refractivity contribution is 7.80. The van der Waals surface area contributed by atoms with Gasteiger partial charge in [-0.1, -0.05) is 12.1 Å². The molecule has 0 spiro atoms. The van der Waals surface area contributed by atoms with Gasteiger partial charge in [-0.25, -0.2) is 4.39 Å². The monoisotopic (exact) mass is 374 g/mol. The molecule has 4 nitrogen and oxygen atoms in total. The fraction of sp³-hybridized carbons (Fsp3) is 0.350. The number of benzene rings is 2. The van der Waals surface area contributed by atoms with E-state index < -0.39 is 0 Å². The molecule has 1 heterocycles. The summed E-state index contributed by atoms with van der Waals surface area (Å²) < 4.78 is 24.5. The molecule has 138 valence electrons. The van der Waals surface area contributed by atoms with Crippen molar-refractivity contribution in [1.82, 2.24) is 10.6 Å². The highest BCUT2D eigenvalue weighted by Gasteiger charge is 2.21. The normalized spacial score (nSPS) is 15.1. The molecule has 2 aromatic rings. The molecule has 0 fully saturated rings. The second-order valence-corrected chi connectivity index (χ2v) is 6.70. The van der Waals surface area contributed by atoms with Gasteiger partial charge in [0, 0.05) is 30.6 Å². The number of thiocarbonyl (C=S) groups is 1. The van der Waals surface area contributed by atoms with Gasteiger partial charge in [-0.05, 0) is 55.9 Å². The van der Waals surface area contributed by atoms with E-state index in [4.69, 9.17) is 21.7 Å². The Morgan fingerprint density at radius 3 is 2.69 bits per heavy atom. The molecule has 1 aliphatic rings. The van der Waals surface area contributed by atoms with Crippen LogP contribution in [0.15, 0.2) is 36.4 Å². The summed E-state index contributed by atoms with van der Waals surface area (Å²) in [6.45, 7) is 5.71. The predicted molar refractivity (Wildman–Crippen MR) is 104 cm³/mol. The molecule has 26 heavy (non-hydrogen) atoms. The van der Waals surface area contributed by atoms with E-state index in [1.807, 2.05) is 13.0 Å². The minimum absolute atomic E-state index is 0.195. The summed E-state index contributed by atoms with van der Waals surface area (Å²) in [5.74, 6) is 1.53. The van der Waals surface area contributed by atoms with Crippen LogP contribution in [0.5, 0.6) is 11.5 Å². The number of ether oxygens (including phenoxy) is 2. The van der Waals surface area contributed by atoms with Crippen LogP contribution in [0.3, 0.4) is 0 Å². The Bertz CT molecular complexity index is 780. The number of nitrogens with one attached hydrogen (secondary N) is 2. The molecule has 0 amide bonds. The first-order chi connectivity index (χ1) is 12.5. The largest absolute Gasteiger partial charge is 0.494 e. The summed E-state index contributed by atoms with van der Waals surface area (Å²) in [6.07, 6.45) is 1.10. The van der Waals surface area contributed by atoms with Crippen LogP contribution < -0.4 is 20.1 Å². The van der Waals surface area contributed by atoms with Crippen molar-refractivity contribution < 1.29 is 13.9 Å². The Hall–Kier alpha value is -2.34. The zero-order valence-electron chi connectivity index (χ0n) is 15.0. The third-order valence-electron chi connectivity index (χ3n) is 4.18. The molecule has 6 heteroatoms. The van der Waals surface area contributed by atoms with Crippen molar-refractivity contribution in [3.63, 3.8) is 0 Å². The molecule has 3 rings (SSSR count). The average molecular weight is 374 g/mol. The van der Waals surface area contributed by atoms with Crippen LogP contribution in [0, 0.1) is 5.82 Å². The third-order valence-corrected chi connectivity index (χ3v) is 4.47. The Morgan fingerprint density at radius 2 is 1.96 bits per heavy atom. The Morgan fingerprint density at radius 1 is 1.23 bits per heavy atom. The predicted octanol–water partition coefficient (Wildman–Crippen LogP) is 3.71. The van der Waals surface area contributed by atoms with Gasteiger partial charge in [0.1, 0.15) is 23.4 Å². The Kier molecular flexibility index (Phi) is 5.93. The molecule has 1 atom stereocenters. The highest BCUT2D eigenvalue weighted by atomic mass is 32.1. The summed E-state index contributed by atoms with van der Waals surface area (Å²) in [7, 11) is 0. The maximum absolute atomic E-state index is 12.9. The maximum atomic E-state index is 12.9. The molecule has 0 saturated heterocycles. The van der Waals surface area contributed by atoms with Crippen LogP contribution in [0.4, 0.5) is 4.39 Å². The van der Waals surface area contributed by atoms with Crippen LogP contribution in [0.25, 0.3) is 0 Å². The van der Waals surface area contributed by atoms with Gasteiger partial charge >= 0.3 is 0 Å². The highest BCUT2D eigenvalue weighted by Crippen LogP contribution is 2.35. The molecule has 0 aromatic heterocycles. The van der Waals surface area contributed by atoms with E-state index in [2.05, 4.69) is 23.6 Å². The van der Waals surface area contributed by atoms with Crippen molar-refractivity contribution in [1.29, 1.82) is 0 Å². The van der Waals surface area contributed by atoms with E-state index in [-0.39, 0.29) is 11.9 Å². The summed E-state index contributed by atoms with van der Waals surface area (Å²) >= 11 is 5.34. The molecule has 0 unspecified atom stereocenters. The maximum Gasteiger partial charge on any atom is 0.166 e. The molecule has 0 aliphatic carbocycles. The van der Waals surface area contributed by atoms with Crippen molar-refractivity contribution in [2.24, 2.45) is 0 Å². The quantitative estimate of drug-likeness (QED) is 0.755. The summed E-state index contributed by atoms with van der Waals surface area (Å²) in [4.78, 5) is 0. The molecule has 0 bridgehead atoms. The van der Waals surface area contributed by atoms with Crippen LogP contribution >= 0.6 is 12.2 Å².